The number of pyridine rings is 1. The summed E-state index contributed by atoms with van der Waals surface area (Å²) < 4.78 is 1.97. The Kier molecular flexibility index (Phi) is 3.85. The van der Waals surface area contributed by atoms with E-state index in [2.05, 4.69) is 16.1 Å². The number of nitriles is 1. The molecule has 3 aliphatic rings. The molecule has 0 spiro atoms. The third-order valence-electron chi connectivity index (χ3n) is 5.96. The minimum Gasteiger partial charge on any atom is -0.353 e. The fourth-order valence-electron chi connectivity index (χ4n) is 4.52. The first kappa shape index (κ1) is 16.3. The van der Waals surface area contributed by atoms with Crippen LogP contribution in [0.2, 0.25) is 0 Å². The molecule has 1 amide bonds. The summed E-state index contributed by atoms with van der Waals surface area (Å²) in [7, 11) is 0. The Morgan fingerprint density at radius 1 is 1.19 bits per heavy atom. The molecule has 138 valence electrons. The van der Waals surface area contributed by atoms with Crippen molar-refractivity contribution in [2.24, 2.45) is 0 Å². The van der Waals surface area contributed by atoms with Crippen molar-refractivity contribution >= 4 is 17.4 Å². The lowest BCUT2D eigenvalue weighted by Crippen LogP contribution is -2.24. The Hall–Kier alpha value is -2.88. The molecule has 0 radical (unpaired) electrons. The van der Waals surface area contributed by atoms with E-state index in [1.807, 2.05) is 21.8 Å². The fourth-order valence-corrected chi connectivity index (χ4v) is 4.52. The number of fused-ring (bicyclic) bond motifs is 1. The van der Waals surface area contributed by atoms with Gasteiger partial charge in [0.25, 0.3) is 0 Å². The van der Waals surface area contributed by atoms with Gasteiger partial charge in [0, 0.05) is 37.9 Å². The van der Waals surface area contributed by atoms with E-state index in [4.69, 9.17) is 4.98 Å². The predicted molar refractivity (Wildman–Crippen MR) is 101 cm³/mol. The SMILES string of the molecule is N#Cc1cc2c(nc1N1CCC(n3cc(N4CCCC4=O)cn3)C1)CCC2. The minimum atomic E-state index is 0.184. The molecule has 1 aliphatic carbocycles. The normalized spacial score (nSPS) is 21.7. The number of carbonyl (C=O) groups excluding carboxylic acids is 1. The molecule has 27 heavy (non-hydrogen) atoms. The van der Waals surface area contributed by atoms with Gasteiger partial charge in [-0.05, 0) is 43.7 Å². The van der Waals surface area contributed by atoms with Crippen LogP contribution in [0.15, 0.2) is 18.5 Å². The number of nitrogens with zero attached hydrogens (tertiary/aromatic N) is 6. The third-order valence-corrected chi connectivity index (χ3v) is 5.96. The Bertz CT molecular complexity index is 942. The summed E-state index contributed by atoms with van der Waals surface area (Å²) in [6.45, 7) is 2.43. The van der Waals surface area contributed by atoms with Crippen molar-refractivity contribution < 1.29 is 4.79 Å². The van der Waals surface area contributed by atoms with Crippen LogP contribution in [-0.4, -0.2) is 40.3 Å². The maximum Gasteiger partial charge on any atom is 0.227 e. The van der Waals surface area contributed by atoms with Gasteiger partial charge in [-0.1, -0.05) is 0 Å². The van der Waals surface area contributed by atoms with Gasteiger partial charge in [0.2, 0.25) is 5.91 Å². The number of carbonyl (C=O) groups is 1. The molecule has 2 aromatic rings. The van der Waals surface area contributed by atoms with E-state index in [1.54, 1.807) is 6.20 Å². The zero-order chi connectivity index (χ0) is 18.4. The second-order valence-corrected chi connectivity index (χ2v) is 7.65. The van der Waals surface area contributed by atoms with Crippen molar-refractivity contribution in [3.63, 3.8) is 0 Å². The third kappa shape index (κ3) is 2.76. The highest BCUT2D eigenvalue weighted by molar-refractivity contribution is 5.95. The highest BCUT2D eigenvalue weighted by Gasteiger charge is 2.30. The highest BCUT2D eigenvalue weighted by Crippen LogP contribution is 2.32. The van der Waals surface area contributed by atoms with E-state index in [9.17, 15) is 10.1 Å². The van der Waals surface area contributed by atoms with Crippen molar-refractivity contribution in [1.29, 1.82) is 5.26 Å². The average molecular weight is 362 g/mol. The van der Waals surface area contributed by atoms with Gasteiger partial charge in [0.05, 0.1) is 23.5 Å². The molecule has 2 aliphatic heterocycles. The molecule has 4 heterocycles. The van der Waals surface area contributed by atoms with Crippen LogP contribution < -0.4 is 9.80 Å². The largest absolute Gasteiger partial charge is 0.353 e. The molecule has 2 saturated heterocycles. The Labute approximate surface area is 158 Å². The number of aromatic nitrogens is 3. The summed E-state index contributed by atoms with van der Waals surface area (Å²) in [6.07, 6.45) is 9.45. The molecule has 7 nitrogen and oxygen atoms in total. The van der Waals surface area contributed by atoms with Crippen molar-refractivity contribution in [1.82, 2.24) is 14.8 Å². The lowest BCUT2D eigenvalue weighted by atomic mass is 10.1. The molecule has 0 N–H and O–H groups in total. The highest BCUT2D eigenvalue weighted by atomic mass is 16.2. The standard InChI is InChI=1S/C20H22N6O/c21-10-15-9-14-3-1-4-18(14)23-20(15)24-8-6-16(12-24)26-13-17(11-22-26)25-7-2-5-19(25)27/h9,11,13,16H,1-8,12H2. The van der Waals surface area contributed by atoms with Crippen LogP contribution in [0.1, 0.15) is 48.5 Å². The lowest BCUT2D eigenvalue weighted by molar-refractivity contribution is -0.117. The van der Waals surface area contributed by atoms with Crippen LogP contribution in [0.3, 0.4) is 0 Å². The number of aryl methyl sites for hydroxylation is 2. The molecule has 2 aromatic heterocycles. The molecule has 2 fully saturated rings. The smallest absolute Gasteiger partial charge is 0.227 e. The lowest BCUT2D eigenvalue weighted by Gasteiger charge is -2.20. The van der Waals surface area contributed by atoms with Gasteiger partial charge in [0.15, 0.2) is 0 Å². The maximum absolute atomic E-state index is 11.9. The molecule has 7 heteroatoms. The quantitative estimate of drug-likeness (QED) is 0.837. The topological polar surface area (TPSA) is 78.0 Å². The molecule has 1 unspecified atom stereocenters. The monoisotopic (exact) mass is 362 g/mol. The van der Waals surface area contributed by atoms with Crippen LogP contribution in [-0.2, 0) is 17.6 Å². The van der Waals surface area contributed by atoms with E-state index in [0.717, 1.165) is 68.9 Å². The Morgan fingerprint density at radius 3 is 2.93 bits per heavy atom. The molecular formula is C20H22N6O. The summed E-state index contributed by atoms with van der Waals surface area (Å²) in [5.41, 5.74) is 3.96. The molecule has 0 bridgehead atoms. The van der Waals surface area contributed by atoms with Gasteiger partial charge < -0.3 is 9.80 Å². The summed E-state index contributed by atoms with van der Waals surface area (Å²) in [5.74, 6) is 1.01. The van der Waals surface area contributed by atoms with Gasteiger partial charge in [-0.25, -0.2) is 4.98 Å². The van der Waals surface area contributed by atoms with Crippen LogP contribution in [0.25, 0.3) is 0 Å². The van der Waals surface area contributed by atoms with Crippen molar-refractivity contribution in [3.05, 3.63) is 35.3 Å². The van der Waals surface area contributed by atoms with Crippen LogP contribution in [0, 0.1) is 11.3 Å². The van der Waals surface area contributed by atoms with Gasteiger partial charge in [-0.2, -0.15) is 10.4 Å². The first-order valence-corrected chi connectivity index (χ1v) is 9.75. The number of hydrogen-bond donors (Lipinski definition) is 0. The molecule has 5 rings (SSSR count). The average Bonchev–Trinajstić information content (AvgIpc) is 3.45. The second-order valence-electron chi connectivity index (χ2n) is 7.65. The van der Waals surface area contributed by atoms with E-state index >= 15 is 0 Å². The van der Waals surface area contributed by atoms with Gasteiger partial charge in [-0.3, -0.25) is 9.48 Å². The van der Waals surface area contributed by atoms with Crippen molar-refractivity contribution in [3.8, 4) is 6.07 Å². The summed E-state index contributed by atoms with van der Waals surface area (Å²) >= 11 is 0. The zero-order valence-corrected chi connectivity index (χ0v) is 15.3. The van der Waals surface area contributed by atoms with Crippen molar-refractivity contribution in [2.45, 2.75) is 44.6 Å². The molecular weight excluding hydrogens is 340 g/mol. The van der Waals surface area contributed by atoms with Gasteiger partial charge in [-0.15, -0.1) is 0 Å². The fraction of sp³-hybridized carbons (Fsp3) is 0.500. The minimum absolute atomic E-state index is 0.184. The summed E-state index contributed by atoms with van der Waals surface area (Å²) in [6, 6.07) is 4.60. The van der Waals surface area contributed by atoms with Crippen LogP contribution >= 0.6 is 0 Å². The van der Waals surface area contributed by atoms with Crippen LogP contribution in [0.4, 0.5) is 11.5 Å². The molecule has 0 aromatic carbocycles. The van der Waals surface area contributed by atoms with E-state index < -0.39 is 0 Å². The predicted octanol–water partition coefficient (Wildman–Crippen LogP) is 2.22. The zero-order valence-electron chi connectivity index (χ0n) is 15.3. The number of anilines is 2. The first-order chi connectivity index (χ1) is 13.2. The summed E-state index contributed by atoms with van der Waals surface area (Å²) in [4.78, 5) is 20.8. The van der Waals surface area contributed by atoms with Gasteiger partial charge in [0.1, 0.15) is 11.9 Å². The Balaban J connectivity index is 1.36. The van der Waals surface area contributed by atoms with E-state index in [-0.39, 0.29) is 11.9 Å². The second kappa shape index (κ2) is 6.38. The summed E-state index contributed by atoms with van der Waals surface area (Å²) in [5, 5.41) is 14.1. The van der Waals surface area contributed by atoms with E-state index in [0.29, 0.717) is 12.0 Å². The number of hydrogen-bond acceptors (Lipinski definition) is 5. The maximum atomic E-state index is 11.9. The molecule has 0 saturated carbocycles. The first-order valence-electron chi connectivity index (χ1n) is 9.75. The Morgan fingerprint density at radius 2 is 2.11 bits per heavy atom. The number of amides is 1. The van der Waals surface area contributed by atoms with E-state index in [1.165, 1.54) is 5.56 Å². The molecule has 1 atom stereocenters. The van der Waals surface area contributed by atoms with Crippen molar-refractivity contribution in [2.75, 3.05) is 29.4 Å². The van der Waals surface area contributed by atoms with Gasteiger partial charge >= 0.3 is 0 Å². The number of rotatable bonds is 3. The van der Waals surface area contributed by atoms with Crippen LogP contribution in [0.5, 0.6) is 0 Å².